The highest BCUT2D eigenvalue weighted by atomic mass is 19.1. The molecule has 0 aliphatic rings. The zero-order valence-electron chi connectivity index (χ0n) is 11.5. The van der Waals surface area contributed by atoms with Gasteiger partial charge in [-0.1, -0.05) is 19.1 Å². The van der Waals surface area contributed by atoms with Crippen molar-refractivity contribution in [2.24, 2.45) is 0 Å². The summed E-state index contributed by atoms with van der Waals surface area (Å²) < 4.78 is 13.9. The van der Waals surface area contributed by atoms with Gasteiger partial charge in [0.25, 0.3) is 0 Å². The molecule has 0 saturated carbocycles. The zero-order chi connectivity index (χ0) is 14.4. The van der Waals surface area contributed by atoms with E-state index in [0.717, 1.165) is 18.5 Å². The lowest BCUT2D eigenvalue weighted by atomic mass is 9.99. The first-order valence-corrected chi connectivity index (χ1v) is 6.81. The summed E-state index contributed by atoms with van der Waals surface area (Å²) >= 11 is 0. The summed E-state index contributed by atoms with van der Waals surface area (Å²) in [6.45, 7) is 2.90. The molecule has 20 heavy (non-hydrogen) atoms. The van der Waals surface area contributed by atoms with Gasteiger partial charge in [0.2, 0.25) is 0 Å². The highest BCUT2D eigenvalue weighted by Gasteiger charge is 2.15. The molecule has 4 heteroatoms. The molecule has 1 heterocycles. The third-order valence-corrected chi connectivity index (χ3v) is 3.20. The molecule has 1 unspecified atom stereocenters. The molecule has 106 valence electrons. The van der Waals surface area contributed by atoms with Crippen molar-refractivity contribution in [2.45, 2.75) is 25.8 Å². The molecule has 0 bridgehead atoms. The van der Waals surface area contributed by atoms with Crippen molar-refractivity contribution in [3.8, 4) is 5.75 Å². The van der Waals surface area contributed by atoms with Gasteiger partial charge in [-0.05, 0) is 43.1 Å². The Morgan fingerprint density at radius 3 is 2.65 bits per heavy atom. The maximum atomic E-state index is 13.9. The zero-order valence-corrected chi connectivity index (χ0v) is 11.5. The van der Waals surface area contributed by atoms with E-state index in [4.69, 9.17) is 0 Å². The van der Waals surface area contributed by atoms with Crippen LogP contribution in [0.3, 0.4) is 0 Å². The van der Waals surface area contributed by atoms with Crippen molar-refractivity contribution >= 4 is 0 Å². The summed E-state index contributed by atoms with van der Waals surface area (Å²) in [5, 5.41) is 12.7. The summed E-state index contributed by atoms with van der Waals surface area (Å²) in [5.74, 6) is -0.0539. The molecule has 1 aromatic heterocycles. The maximum Gasteiger partial charge on any atom is 0.146 e. The van der Waals surface area contributed by atoms with Crippen LogP contribution in [0.1, 0.15) is 30.5 Å². The summed E-state index contributed by atoms with van der Waals surface area (Å²) in [6.07, 6.45) is 4.50. The lowest BCUT2D eigenvalue weighted by molar-refractivity contribution is 0.473. The number of hydrogen-bond donors (Lipinski definition) is 2. The number of phenols is 1. The summed E-state index contributed by atoms with van der Waals surface area (Å²) in [4.78, 5) is 3.79. The Morgan fingerprint density at radius 2 is 2.00 bits per heavy atom. The monoisotopic (exact) mass is 274 g/mol. The van der Waals surface area contributed by atoms with Crippen LogP contribution in [0.15, 0.2) is 42.7 Å². The minimum Gasteiger partial charge on any atom is -0.508 e. The molecule has 0 radical (unpaired) electrons. The molecular formula is C16H19FN2O. The normalized spacial score (nSPS) is 12.3. The van der Waals surface area contributed by atoms with Crippen LogP contribution >= 0.6 is 0 Å². The van der Waals surface area contributed by atoms with Crippen molar-refractivity contribution in [3.63, 3.8) is 0 Å². The number of aromatic hydroxyl groups is 1. The Kier molecular flexibility index (Phi) is 5.07. The van der Waals surface area contributed by atoms with Gasteiger partial charge in [0.1, 0.15) is 11.6 Å². The smallest absolute Gasteiger partial charge is 0.146 e. The summed E-state index contributed by atoms with van der Waals surface area (Å²) in [6, 6.07) is 8.62. The lowest BCUT2D eigenvalue weighted by Gasteiger charge is -2.19. The molecule has 1 atom stereocenters. The first-order valence-electron chi connectivity index (χ1n) is 6.81. The third-order valence-electron chi connectivity index (χ3n) is 3.20. The quantitative estimate of drug-likeness (QED) is 0.850. The fraction of sp³-hybridized carbons (Fsp3) is 0.312. The number of nitrogens with zero attached hydrogens (tertiary/aromatic N) is 1. The van der Waals surface area contributed by atoms with Crippen molar-refractivity contribution < 1.29 is 9.50 Å². The van der Waals surface area contributed by atoms with E-state index in [9.17, 15) is 9.50 Å². The van der Waals surface area contributed by atoms with Gasteiger partial charge in [-0.25, -0.2) is 4.39 Å². The van der Waals surface area contributed by atoms with Crippen molar-refractivity contribution in [1.82, 2.24) is 10.3 Å². The predicted molar refractivity (Wildman–Crippen MR) is 77.0 cm³/mol. The Bertz CT molecular complexity index is 542. The number of nitrogens with one attached hydrogen (secondary N) is 1. The van der Waals surface area contributed by atoms with Crippen LogP contribution < -0.4 is 5.32 Å². The Balaban J connectivity index is 2.19. The van der Waals surface area contributed by atoms with E-state index in [1.165, 1.54) is 6.20 Å². The number of hydrogen-bond acceptors (Lipinski definition) is 3. The van der Waals surface area contributed by atoms with E-state index in [-0.39, 0.29) is 17.6 Å². The molecule has 0 saturated heterocycles. The van der Waals surface area contributed by atoms with Gasteiger partial charge in [0.05, 0.1) is 6.20 Å². The number of phenolic OH excluding ortho intramolecular Hbond substituents is 1. The molecule has 0 fully saturated rings. The number of aromatic nitrogens is 1. The first-order chi connectivity index (χ1) is 9.70. The second-order valence-corrected chi connectivity index (χ2v) is 4.77. The SMILES string of the molecule is CCCNC(Cc1ccc(O)cc1)c1ccncc1F. The van der Waals surface area contributed by atoms with Gasteiger partial charge in [-0.3, -0.25) is 4.98 Å². The van der Waals surface area contributed by atoms with E-state index < -0.39 is 0 Å². The minimum absolute atomic E-state index is 0.0949. The molecule has 0 aliphatic heterocycles. The van der Waals surface area contributed by atoms with Crippen LogP contribution in [0.5, 0.6) is 5.75 Å². The number of rotatable bonds is 6. The van der Waals surface area contributed by atoms with Crippen LogP contribution in [0, 0.1) is 5.82 Å². The van der Waals surface area contributed by atoms with E-state index in [1.807, 2.05) is 12.1 Å². The van der Waals surface area contributed by atoms with Gasteiger partial charge in [-0.15, -0.1) is 0 Å². The fourth-order valence-electron chi connectivity index (χ4n) is 2.15. The third kappa shape index (κ3) is 3.78. The predicted octanol–water partition coefficient (Wildman–Crippen LogP) is 3.21. The molecule has 0 amide bonds. The van der Waals surface area contributed by atoms with Crippen molar-refractivity contribution in [1.29, 1.82) is 0 Å². The van der Waals surface area contributed by atoms with Gasteiger partial charge >= 0.3 is 0 Å². The molecule has 2 aromatic rings. The van der Waals surface area contributed by atoms with Crippen LogP contribution in [0.25, 0.3) is 0 Å². The summed E-state index contributed by atoms with van der Waals surface area (Å²) in [7, 11) is 0. The van der Waals surface area contributed by atoms with E-state index >= 15 is 0 Å². The van der Waals surface area contributed by atoms with Gasteiger partial charge in [0.15, 0.2) is 0 Å². The van der Waals surface area contributed by atoms with E-state index in [2.05, 4.69) is 17.2 Å². The largest absolute Gasteiger partial charge is 0.508 e. The molecule has 2 N–H and O–H groups in total. The first kappa shape index (κ1) is 14.5. The van der Waals surface area contributed by atoms with E-state index in [1.54, 1.807) is 24.4 Å². The van der Waals surface area contributed by atoms with Crippen molar-refractivity contribution in [2.75, 3.05) is 6.54 Å². The number of pyridine rings is 1. The molecular weight excluding hydrogens is 255 g/mol. The number of benzene rings is 1. The van der Waals surface area contributed by atoms with Crippen LogP contribution in [-0.4, -0.2) is 16.6 Å². The summed E-state index contributed by atoms with van der Waals surface area (Å²) in [5.41, 5.74) is 1.68. The molecule has 3 nitrogen and oxygen atoms in total. The number of halogens is 1. The van der Waals surface area contributed by atoms with Crippen molar-refractivity contribution in [3.05, 3.63) is 59.7 Å². The average Bonchev–Trinajstić information content (AvgIpc) is 2.46. The minimum atomic E-state index is -0.292. The van der Waals surface area contributed by atoms with Gasteiger partial charge in [-0.2, -0.15) is 0 Å². The lowest BCUT2D eigenvalue weighted by Crippen LogP contribution is -2.25. The topological polar surface area (TPSA) is 45.1 Å². The van der Waals surface area contributed by atoms with Gasteiger partial charge in [0, 0.05) is 17.8 Å². The Hall–Kier alpha value is -1.94. The molecule has 2 rings (SSSR count). The highest BCUT2D eigenvalue weighted by Crippen LogP contribution is 2.21. The highest BCUT2D eigenvalue weighted by molar-refractivity contribution is 5.28. The second kappa shape index (κ2) is 7.01. The fourth-order valence-corrected chi connectivity index (χ4v) is 2.15. The Labute approximate surface area is 118 Å². The van der Waals surface area contributed by atoms with Crippen LogP contribution in [-0.2, 0) is 6.42 Å². The second-order valence-electron chi connectivity index (χ2n) is 4.77. The average molecular weight is 274 g/mol. The maximum absolute atomic E-state index is 13.9. The van der Waals surface area contributed by atoms with Crippen LogP contribution in [0.2, 0.25) is 0 Å². The molecule has 0 spiro atoms. The molecule has 0 aliphatic carbocycles. The van der Waals surface area contributed by atoms with E-state index in [0.29, 0.717) is 12.0 Å². The standard InChI is InChI=1S/C16H19FN2O/c1-2-8-19-16(14-7-9-18-11-15(14)17)10-12-3-5-13(20)6-4-12/h3-7,9,11,16,19-20H,2,8,10H2,1H3. The molecule has 1 aromatic carbocycles. The van der Waals surface area contributed by atoms with Crippen LogP contribution in [0.4, 0.5) is 4.39 Å². The Morgan fingerprint density at radius 1 is 1.25 bits per heavy atom. The van der Waals surface area contributed by atoms with Gasteiger partial charge < -0.3 is 10.4 Å².